The van der Waals surface area contributed by atoms with Gasteiger partial charge in [0, 0.05) is 30.5 Å². The van der Waals surface area contributed by atoms with Crippen LogP contribution in [0.5, 0.6) is 5.75 Å². The maximum Gasteiger partial charge on any atom is 0.262 e. The third-order valence-corrected chi connectivity index (χ3v) is 4.49. The molecule has 3 rings (SSSR count). The summed E-state index contributed by atoms with van der Waals surface area (Å²) in [6.45, 7) is 2.40. The molecular weight excluding hydrogens is 374 g/mol. The maximum absolute atomic E-state index is 12.8. The molecule has 0 spiro atoms. The highest BCUT2D eigenvalue weighted by atomic mass is 79.9. The molecular formula is C17H16BrN3O3. The Bertz CT molecular complexity index is 823. The molecule has 1 aromatic carbocycles. The van der Waals surface area contributed by atoms with E-state index in [1.807, 2.05) is 13.0 Å². The molecule has 2 amide bonds. The van der Waals surface area contributed by atoms with Gasteiger partial charge >= 0.3 is 0 Å². The zero-order valence-electron chi connectivity index (χ0n) is 13.3. The molecule has 1 aliphatic rings. The van der Waals surface area contributed by atoms with Gasteiger partial charge < -0.3 is 15.0 Å². The molecule has 1 N–H and O–H groups in total. The summed E-state index contributed by atoms with van der Waals surface area (Å²) in [6.07, 6.45) is 3.49. The van der Waals surface area contributed by atoms with Crippen LogP contribution in [0.2, 0.25) is 0 Å². The molecule has 7 heteroatoms. The van der Waals surface area contributed by atoms with Crippen molar-refractivity contribution in [1.29, 1.82) is 0 Å². The summed E-state index contributed by atoms with van der Waals surface area (Å²) in [4.78, 5) is 29.9. The van der Waals surface area contributed by atoms with Crippen LogP contribution in [0, 0.1) is 6.92 Å². The molecule has 2 aromatic rings. The van der Waals surface area contributed by atoms with Crippen molar-refractivity contribution < 1.29 is 14.3 Å². The van der Waals surface area contributed by atoms with Crippen molar-refractivity contribution in [2.24, 2.45) is 0 Å². The Hall–Kier alpha value is -2.41. The summed E-state index contributed by atoms with van der Waals surface area (Å²) in [6, 6.07) is 5.25. The first-order chi connectivity index (χ1) is 11.5. The fraction of sp³-hybridized carbons (Fsp3) is 0.235. The van der Waals surface area contributed by atoms with E-state index in [2.05, 4.69) is 26.2 Å². The van der Waals surface area contributed by atoms with Crippen molar-refractivity contribution >= 4 is 33.4 Å². The van der Waals surface area contributed by atoms with Gasteiger partial charge in [0.1, 0.15) is 5.75 Å². The Kier molecular flexibility index (Phi) is 4.53. The maximum atomic E-state index is 12.8. The van der Waals surface area contributed by atoms with Crippen LogP contribution in [-0.2, 0) is 11.3 Å². The summed E-state index contributed by atoms with van der Waals surface area (Å²) in [5.41, 5.74) is 3.11. The lowest BCUT2D eigenvalue weighted by atomic mass is 10.1. The lowest BCUT2D eigenvalue weighted by molar-refractivity contribution is -0.118. The smallest absolute Gasteiger partial charge is 0.262 e. The normalized spacial score (nSPS) is 12.9. The zero-order chi connectivity index (χ0) is 17.3. The molecule has 0 saturated heterocycles. The number of nitrogens with zero attached hydrogens (tertiary/aromatic N) is 2. The van der Waals surface area contributed by atoms with E-state index in [0.717, 1.165) is 11.1 Å². The van der Waals surface area contributed by atoms with Gasteiger partial charge in [-0.25, -0.2) is 0 Å². The lowest BCUT2D eigenvalue weighted by Crippen LogP contribution is -2.28. The zero-order valence-corrected chi connectivity index (χ0v) is 14.9. The number of hydrogen-bond donors (Lipinski definition) is 1. The molecule has 0 bridgehead atoms. The summed E-state index contributed by atoms with van der Waals surface area (Å²) in [5.74, 6) is 0.137. The van der Waals surface area contributed by atoms with Gasteiger partial charge in [-0.2, -0.15) is 0 Å². The number of anilines is 1. The van der Waals surface area contributed by atoms with Crippen molar-refractivity contribution in [3.63, 3.8) is 0 Å². The molecule has 24 heavy (non-hydrogen) atoms. The molecule has 0 aliphatic carbocycles. The van der Waals surface area contributed by atoms with E-state index in [4.69, 9.17) is 4.74 Å². The lowest BCUT2D eigenvalue weighted by Gasteiger charge is -2.22. The number of ether oxygens (including phenoxy) is 1. The first-order valence-electron chi connectivity index (χ1n) is 7.37. The standard InChI is InChI=1S/C17H16BrN3O3/c1-10-3-4-19-7-11(10)8-21(2)17(23)12-5-15-14(6-13(12)18)20-16(22)9-24-15/h3-7H,8-9H2,1-2H3,(H,20,22). The molecule has 0 unspecified atom stereocenters. The molecule has 0 radical (unpaired) electrons. The van der Waals surface area contributed by atoms with Gasteiger partial charge in [0.05, 0.1) is 11.3 Å². The van der Waals surface area contributed by atoms with Crippen LogP contribution in [0.25, 0.3) is 0 Å². The largest absolute Gasteiger partial charge is 0.482 e. The summed E-state index contributed by atoms with van der Waals surface area (Å²) < 4.78 is 5.99. The summed E-state index contributed by atoms with van der Waals surface area (Å²) in [5, 5.41) is 2.72. The monoisotopic (exact) mass is 389 g/mol. The Labute approximate surface area is 148 Å². The third kappa shape index (κ3) is 3.26. The van der Waals surface area contributed by atoms with Crippen LogP contribution in [0.15, 0.2) is 35.1 Å². The summed E-state index contributed by atoms with van der Waals surface area (Å²) in [7, 11) is 1.74. The Morgan fingerprint density at radius 1 is 1.46 bits per heavy atom. The number of aryl methyl sites for hydroxylation is 1. The predicted molar refractivity (Wildman–Crippen MR) is 93.0 cm³/mol. The fourth-order valence-electron chi connectivity index (χ4n) is 2.46. The number of carbonyl (C=O) groups is 2. The van der Waals surface area contributed by atoms with Gasteiger partial charge in [0.25, 0.3) is 11.8 Å². The summed E-state index contributed by atoms with van der Waals surface area (Å²) >= 11 is 3.40. The van der Waals surface area contributed by atoms with Crippen LogP contribution >= 0.6 is 15.9 Å². The second kappa shape index (κ2) is 6.60. The van der Waals surface area contributed by atoms with Gasteiger partial charge in [-0.3, -0.25) is 14.6 Å². The molecule has 1 aliphatic heterocycles. The van der Waals surface area contributed by atoms with E-state index >= 15 is 0 Å². The number of benzene rings is 1. The van der Waals surface area contributed by atoms with Crippen molar-refractivity contribution in [2.75, 3.05) is 19.0 Å². The topological polar surface area (TPSA) is 71.5 Å². The highest BCUT2D eigenvalue weighted by molar-refractivity contribution is 9.10. The molecule has 124 valence electrons. The Morgan fingerprint density at radius 3 is 3.00 bits per heavy atom. The Balaban J connectivity index is 1.84. The van der Waals surface area contributed by atoms with E-state index in [1.54, 1.807) is 36.5 Å². The number of halogens is 1. The average Bonchev–Trinajstić information content (AvgIpc) is 2.55. The number of aromatic nitrogens is 1. The Morgan fingerprint density at radius 2 is 2.25 bits per heavy atom. The molecule has 0 atom stereocenters. The van der Waals surface area contributed by atoms with Gasteiger partial charge in [-0.1, -0.05) is 0 Å². The highest BCUT2D eigenvalue weighted by Gasteiger charge is 2.22. The minimum absolute atomic E-state index is 0.0486. The number of pyridine rings is 1. The van der Waals surface area contributed by atoms with Crippen molar-refractivity contribution in [3.8, 4) is 5.75 Å². The van der Waals surface area contributed by atoms with E-state index in [-0.39, 0.29) is 18.4 Å². The SMILES string of the molecule is Cc1ccncc1CN(C)C(=O)c1cc2c(cc1Br)NC(=O)CO2. The van der Waals surface area contributed by atoms with Gasteiger partial charge in [0.15, 0.2) is 6.61 Å². The first-order valence-corrected chi connectivity index (χ1v) is 8.16. The van der Waals surface area contributed by atoms with Crippen molar-refractivity contribution in [2.45, 2.75) is 13.5 Å². The van der Waals surface area contributed by atoms with E-state index in [1.165, 1.54) is 0 Å². The van der Waals surface area contributed by atoms with Crippen LogP contribution in [0.1, 0.15) is 21.5 Å². The number of carbonyl (C=O) groups excluding carboxylic acids is 2. The molecule has 0 saturated carbocycles. The average molecular weight is 390 g/mol. The van der Waals surface area contributed by atoms with Crippen LogP contribution in [-0.4, -0.2) is 35.4 Å². The second-order valence-electron chi connectivity index (χ2n) is 5.63. The molecule has 6 nitrogen and oxygen atoms in total. The fourth-order valence-corrected chi connectivity index (χ4v) is 2.97. The van der Waals surface area contributed by atoms with Crippen LogP contribution in [0.4, 0.5) is 5.69 Å². The predicted octanol–water partition coefficient (Wildman–Crippen LogP) is 2.76. The molecule has 1 aromatic heterocycles. The number of hydrogen-bond acceptors (Lipinski definition) is 4. The minimum atomic E-state index is -0.211. The van der Waals surface area contributed by atoms with E-state index in [9.17, 15) is 9.59 Å². The number of nitrogens with one attached hydrogen (secondary N) is 1. The third-order valence-electron chi connectivity index (χ3n) is 3.83. The number of amides is 2. The first kappa shape index (κ1) is 16.4. The van der Waals surface area contributed by atoms with Crippen LogP contribution < -0.4 is 10.1 Å². The van der Waals surface area contributed by atoms with Gasteiger partial charge in [-0.05, 0) is 52.2 Å². The van der Waals surface area contributed by atoms with Gasteiger partial charge in [0.2, 0.25) is 0 Å². The minimum Gasteiger partial charge on any atom is -0.482 e. The molecule has 0 fully saturated rings. The van der Waals surface area contributed by atoms with Crippen molar-refractivity contribution in [3.05, 3.63) is 51.8 Å². The van der Waals surface area contributed by atoms with Crippen LogP contribution in [0.3, 0.4) is 0 Å². The second-order valence-corrected chi connectivity index (χ2v) is 6.48. The number of fused-ring (bicyclic) bond motifs is 1. The van der Waals surface area contributed by atoms with E-state index in [0.29, 0.717) is 28.0 Å². The molecule has 2 heterocycles. The van der Waals surface area contributed by atoms with Gasteiger partial charge in [-0.15, -0.1) is 0 Å². The van der Waals surface area contributed by atoms with E-state index < -0.39 is 0 Å². The van der Waals surface area contributed by atoms with Crippen molar-refractivity contribution in [1.82, 2.24) is 9.88 Å². The number of rotatable bonds is 3. The quantitative estimate of drug-likeness (QED) is 0.875. The highest BCUT2D eigenvalue weighted by Crippen LogP contribution is 2.34.